The summed E-state index contributed by atoms with van der Waals surface area (Å²) in [5.41, 5.74) is 1.25. The fourth-order valence-corrected chi connectivity index (χ4v) is 2.99. The van der Waals surface area contributed by atoms with Gasteiger partial charge in [0.2, 0.25) is 5.88 Å². The average Bonchev–Trinajstić information content (AvgIpc) is 3.05. The molecule has 0 unspecified atom stereocenters. The Labute approximate surface area is 128 Å². The van der Waals surface area contributed by atoms with Crippen LogP contribution in [0.15, 0.2) is 33.5 Å². The lowest BCUT2D eigenvalue weighted by Gasteiger charge is -2.23. The zero-order valence-corrected chi connectivity index (χ0v) is 12.7. The summed E-state index contributed by atoms with van der Waals surface area (Å²) < 4.78 is 10.8. The van der Waals surface area contributed by atoms with Gasteiger partial charge in [0.15, 0.2) is 5.76 Å². The minimum atomic E-state index is -0.641. The van der Waals surface area contributed by atoms with Gasteiger partial charge in [0.1, 0.15) is 5.75 Å². The summed E-state index contributed by atoms with van der Waals surface area (Å²) in [4.78, 5) is 13.2. The number of hydrogen-bond acceptors (Lipinski definition) is 4. The summed E-state index contributed by atoms with van der Waals surface area (Å²) in [7, 11) is 0. The molecule has 2 N–H and O–H groups in total. The van der Waals surface area contributed by atoms with Crippen molar-refractivity contribution < 1.29 is 14.3 Å². The van der Waals surface area contributed by atoms with Crippen LogP contribution in [0, 0.1) is 5.41 Å². The number of nitrogens with one attached hydrogen (secondary N) is 1. The van der Waals surface area contributed by atoms with E-state index < -0.39 is 5.76 Å². The first-order valence-corrected chi connectivity index (χ1v) is 7.67. The van der Waals surface area contributed by atoms with Crippen molar-refractivity contribution in [1.82, 2.24) is 4.98 Å². The van der Waals surface area contributed by atoms with Crippen molar-refractivity contribution in [3.63, 3.8) is 0 Å². The van der Waals surface area contributed by atoms with Crippen LogP contribution < -0.4 is 10.5 Å². The van der Waals surface area contributed by atoms with Crippen molar-refractivity contribution >= 4 is 0 Å². The lowest BCUT2D eigenvalue weighted by Crippen LogP contribution is -2.21. The van der Waals surface area contributed by atoms with Crippen LogP contribution in [-0.2, 0) is 6.42 Å². The molecule has 2 aromatic rings. The lowest BCUT2D eigenvalue weighted by atomic mass is 9.90. The molecule has 5 nitrogen and oxygen atoms in total. The molecule has 0 radical (unpaired) electrons. The van der Waals surface area contributed by atoms with E-state index in [0.717, 1.165) is 17.9 Å². The number of rotatable bonds is 5. The van der Waals surface area contributed by atoms with Gasteiger partial charge in [0.25, 0.3) is 0 Å². The Morgan fingerprint density at radius 3 is 2.55 bits per heavy atom. The van der Waals surface area contributed by atoms with Gasteiger partial charge in [-0.3, -0.25) is 4.98 Å². The first kappa shape index (κ1) is 14.8. The topological polar surface area (TPSA) is 75.5 Å². The minimum absolute atomic E-state index is 0.209. The Hall–Kier alpha value is -2.17. The molecular formula is C17H21NO4. The van der Waals surface area contributed by atoms with Gasteiger partial charge in [0, 0.05) is 11.8 Å². The third-order valence-electron chi connectivity index (χ3n) is 4.39. The molecule has 1 aliphatic carbocycles. The summed E-state index contributed by atoms with van der Waals surface area (Å²) in [6.07, 6.45) is 5.42. The van der Waals surface area contributed by atoms with Gasteiger partial charge in [-0.05, 0) is 30.5 Å². The summed E-state index contributed by atoms with van der Waals surface area (Å²) in [5.74, 6) is 0.241. The lowest BCUT2D eigenvalue weighted by molar-refractivity contribution is 0.168. The van der Waals surface area contributed by atoms with Crippen molar-refractivity contribution in [2.45, 2.75) is 39.0 Å². The van der Waals surface area contributed by atoms with Crippen LogP contribution >= 0.6 is 0 Å². The van der Waals surface area contributed by atoms with E-state index in [0.29, 0.717) is 11.8 Å². The van der Waals surface area contributed by atoms with Gasteiger partial charge >= 0.3 is 5.76 Å². The average molecular weight is 303 g/mol. The number of oxazole rings is 1. The highest BCUT2D eigenvalue weighted by Crippen LogP contribution is 2.37. The molecule has 1 aromatic heterocycles. The van der Waals surface area contributed by atoms with E-state index in [4.69, 9.17) is 9.15 Å². The molecule has 0 amide bonds. The zero-order chi connectivity index (χ0) is 15.6. The third-order valence-corrected chi connectivity index (χ3v) is 4.39. The van der Waals surface area contributed by atoms with Crippen molar-refractivity contribution in [1.29, 1.82) is 0 Å². The van der Waals surface area contributed by atoms with Crippen LogP contribution in [0.5, 0.6) is 11.6 Å². The Bertz CT molecular complexity index is 677. The molecule has 1 aromatic carbocycles. The number of aromatic hydroxyl groups is 1. The monoisotopic (exact) mass is 303 g/mol. The van der Waals surface area contributed by atoms with E-state index in [1.54, 1.807) is 0 Å². The number of aromatic nitrogens is 1. The molecule has 22 heavy (non-hydrogen) atoms. The highest BCUT2D eigenvalue weighted by molar-refractivity contribution is 5.31. The predicted octanol–water partition coefficient (Wildman–Crippen LogP) is 3.22. The van der Waals surface area contributed by atoms with E-state index in [-0.39, 0.29) is 11.6 Å². The van der Waals surface area contributed by atoms with Crippen LogP contribution in [0.1, 0.15) is 43.9 Å². The first-order valence-electron chi connectivity index (χ1n) is 7.67. The molecule has 3 rings (SSSR count). The molecular weight excluding hydrogens is 282 g/mol. The third kappa shape index (κ3) is 3.35. The zero-order valence-electron chi connectivity index (χ0n) is 12.7. The fraction of sp³-hybridized carbons (Fsp3) is 0.471. The van der Waals surface area contributed by atoms with Crippen LogP contribution in [0.2, 0.25) is 0 Å². The number of hydrogen-bond donors (Lipinski definition) is 2. The van der Waals surface area contributed by atoms with E-state index >= 15 is 0 Å². The molecule has 1 saturated carbocycles. The van der Waals surface area contributed by atoms with Crippen molar-refractivity contribution in [2.75, 3.05) is 6.61 Å². The number of H-pyrrole nitrogens is 1. The van der Waals surface area contributed by atoms with Crippen molar-refractivity contribution in [2.24, 2.45) is 5.41 Å². The Balaban J connectivity index is 1.60. The molecule has 0 bridgehead atoms. The standard InChI is InChI=1S/C17H21NO4/c1-17(8-2-3-9-17)11-21-13-6-4-12(5-7-13)10-14-15(19)18-16(20)22-14/h4-7,19H,2-3,8-11H2,1H3,(H,18,20). The van der Waals surface area contributed by atoms with Crippen LogP contribution in [0.3, 0.4) is 0 Å². The molecule has 118 valence electrons. The second-order valence-electron chi connectivity index (χ2n) is 6.41. The summed E-state index contributed by atoms with van der Waals surface area (Å²) in [6, 6.07) is 7.66. The maximum atomic E-state index is 11.0. The second kappa shape index (κ2) is 5.91. The maximum Gasteiger partial charge on any atom is 0.419 e. The number of ether oxygens (including phenoxy) is 1. The van der Waals surface area contributed by atoms with Gasteiger partial charge in [-0.25, -0.2) is 4.79 Å². The van der Waals surface area contributed by atoms with E-state index in [2.05, 4.69) is 11.9 Å². The SMILES string of the molecule is CC1(COc2ccc(Cc3oc(=O)[nH]c3O)cc2)CCCC1. The molecule has 5 heteroatoms. The number of benzene rings is 1. The van der Waals surface area contributed by atoms with Crippen LogP contribution in [0.4, 0.5) is 0 Å². The first-order chi connectivity index (χ1) is 10.5. The van der Waals surface area contributed by atoms with Gasteiger partial charge in [-0.15, -0.1) is 0 Å². The molecule has 1 heterocycles. The van der Waals surface area contributed by atoms with Crippen molar-refractivity contribution in [3.8, 4) is 11.6 Å². The van der Waals surface area contributed by atoms with Gasteiger partial charge in [-0.1, -0.05) is 31.9 Å². The highest BCUT2D eigenvalue weighted by Gasteiger charge is 2.29. The molecule has 0 saturated heterocycles. The minimum Gasteiger partial charge on any atom is -0.493 e. The molecule has 0 aliphatic heterocycles. The predicted molar refractivity (Wildman–Crippen MR) is 82.3 cm³/mol. The van der Waals surface area contributed by atoms with Crippen molar-refractivity contribution in [3.05, 3.63) is 46.1 Å². The van der Waals surface area contributed by atoms with Gasteiger partial charge < -0.3 is 14.3 Å². The summed E-state index contributed by atoms with van der Waals surface area (Å²) in [6.45, 7) is 3.03. The Kier molecular flexibility index (Phi) is 3.96. The molecule has 0 atom stereocenters. The summed E-state index contributed by atoms with van der Waals surface area (Å²) >= 11 is 0. The maximum absolute atomic E-state index is 11.0. The van der Waals surface area contributed by atoms with E-state index in [1.807, 2.05) is 24.3 Å². The van der Waals surface area contributed by atoms with E-state index in [1.165, 1.54) is 25.7 Å². The normalized spacial score (nSPS) is 16.8. The highest BCUT2D eigenvalue weighted by atomic mass is 16.5. The fourth-order valence-electron chi connectivity index (χ4n) is 2.99. The van der Waals surface area contributed by atoms with Crippen LogP contribution in [-0.4, -0.2) is 16.7 Å². The van der Waals surface area contributed by atoms with Gasteiger partial charge in [0.05, 0.1) is 6.61 Å². The molecule has 1 fully saturated rings. The Morgan fingerprint density at radius 1 is 1.27 bits per heavy atom. The van der Waals surface area contributed by atoms with Crippen LogP contribution in [0.25, 0.3) is 0 Å². The van der Waals surface area contributed by atoms with E-state index in [9.17, 15) is 9.90 Å². The quantitative estimate of drug-likeness (QED) is 0.889. The number of aromatic amines is 1. The molecule has 0 spiro atoms. The smallest absolute Gasteiger partial charge is 0.419 e. The van der Waals surface area contributed by atoms with Gasteiger partial charge in [-0.2, -0.15) is 0 Å². The largest absolute Gasteiger partial charge is 0.493 e. The second-order valence-corrected chi connectivity index (χ2v) is 6.41. The molecule has 1 aliphatic rings. The summed E-state index contributed by atoms with van der Waals surface area (Å²) in [5, 5.41) is 9.51. The Morgan fingerprint density at radius 2 is 1.95 bits per heavy atom.